The number of pyridine rings is 1. The lowest BCUT2D eigenvalue weighted by atomic mass is 10.3. The first-order valence-electron chi connectivity index (χ1n) is 6.09. The number of rotatable bonds is 3. The molecule has 0 bridgehead atoms. The van der Waals surface area contributed by atoms with Gasteiger partial charge in [0.1, 0.15) is 4.21 Å². The summed E-state index contributed by atoms with van der Waals surface area (Å²) in [5.41, 5.74) is 0.759. The van der Waals surface area contributed by atoms with Crippen LogP contribution in [0.25, 0.3) is 10.6 Å². The Morgan fingerprint density at radius 2 is 1.86 bits per heavy atom. The van der Waals surface area contributed by atoms with Gasteiger partial charge in [-0.3, -0.25) is 4.98 Å². The average Bonchev–Trinajstić information content (AvgIpc) is 2.99. The van der Waals surface area contributed by atoms with Crippen molar-refractivity contribution < 1.29 is 8.42 Å². The molecule has 0 N–H and O–H groups in total. The van der Waals surface area contributed by atoms with Gasteiger partial charge in [-0.2, -0.15) is 0 Å². The van der Waals surface area contributed by atoms with Crippen molar-refractivity contribution in [1.82, 2.24) is 4.98 Å². The maximum Gasteiger partial charge on any atom is 0.216 e. The molecule has 2 heterocycles. The van der Waals surface area contributed by atoms with Crippen molar-refractivity contribution in [2.75, 3.05) is 0 Å². The van der Waals surface area contributed by atoms with E-state index in [4.69, 9.17) is 11.6 Å². The van der Waals surface area contributed by atoms with Crippen LogP contribution in [-0.4, -0.2) is 13.4 Å². The third kappa shape index (κ3) is 2.85. The largest absolute Gasteiger partial charge is 0.255 e. The first kappa shape index (κ1) is 14.3. The number of aromatic nitrogens is 1. The van der Waals surface area contributed by atoms with Gasteiger partial charge in [-0.25, -0.2) is 8.42 Å². The second kappa shape index (κ2) is 5.60. The van der Waals surface area contributed by atoms with Gasteiger partial charge in [0.15, 0.2) is 0 Å². The van der Waals surface area contributed by atoms with Gasteiger partial charge in [0.2, 0.25) is 9.84 Å². The van der Waals surface area contributed by atoms with Gasteiger partial charge in [0.05, 0.1) is 15.5 Å². The van der Waals surface area contributed by atoms with E-state index in [0.717, 1.165) is 10.6 Å². The second-order valence-corrected chi connectivity index (χ2v) is 7.99. The molecule has 0 atom stereocenters. The predicted octanol–water partition coefficient (Wildman–Crippen LogP) is 4.30. The van der Waals surface area contributed by atoms with Crippen LogP contribution in [0.15, 0.2) is 69.9 Å². The van der Waals surface area contributed by atoms with Crippen LogP contribution in [0, 0.1) is 0 Å². The number of hydrogen-bond donors (Lipinski definition) is 0. The maximum atomic E-state index is 12.6. The van der Waals surface area contributed by atoms with Crippen LogP contribution < -0.4 is 0 Å². The zero-order chi connectivity index (χ0) is 14.9. The Hall–Kier alpha value is -1.69. The molecular weight excluding hydrogens is 326 g/mol. The first-order chi connectivity index (χ1) is 10.1. The Morgan fingerprint density at radius 3 is 2.57 bits per heavy atom. The number of thiophene rings is 1. The summed E-state index contributed by atoms with van der Waals surface area (Å²) in [7, 11) is -3.54. The number of nitrogens with zero attached hydrogens (tertiary/aromatic N) is 1. The molecule has 0 fully saturated rings. The van der Waals surface area contributed by atoms with Gasteiger partial charge in [0, 0.05) is 11.2 Å². The fraction of sp³-hybridized carbons (Fsp3) is 0. The maximum absolute atomic E-state index is 12.6. The fourth-order valence-electron chi connectivity index (χ4n) is 1.86. The van der Waals surface area contributed by atoms with Crippen LogP contribution in [0.5, 0.6) is 0 Å². The summed E-state index contributed by atoms with van der Waals surface area (Å²) in [5, 5.41) is 0.401. The molecule has 0 saturated heterocycles. The smallest absolute Gasteiger partial charge is 0.216 e. The van der Waals surface area contributed by atoms with Crippen LogP contribution >= 0.6 is 22.9 Å². The molecule has 0 saturated carbocycles. The Morgan fingerprint density at radius 1 is 1.00 bits per heavy atom. The second-order valence-electron chi connectivity index (χ2n) is 4.29. The Balaban J connectivity index is 2.03. The highest BCUT2D eigenvalue weighted by molar-refractivity contribution is 7.93. The zero-order valence-corrected chi connectivity index (χ0v) is 13.1. The average molecular weight is 336 g/mol. The summed E-state index contributed by atoms with van der Waals surface area (Å²) < 4.78 is 25.4. The van der Waals surface area contributed by atoms with Crippen molar-refractivity contribution in [1.29, 1.82) is 0 Å². The molecule has 0 unspecified atom stereocenters. The lowest BCUT2D eigenvalue weighted by Gasteiger charge is -2.02. The van der Waals surface area contributed by atoms with Crippen molar-refractivity contribution in [3.63, 3.8) is 0 Å². The third-order valence-corrected chi connectivity index (χ3v) is 6.46. The lowest BCUT2D eigenvalue weighted by Crippen LogP contribution is -1.98. The molecule has 21 heavy (non-hydrogen) atoms. The summed E-state index contributed by atoms with van der Waals surface area (Å²) >= 11 is 7.07. The lowest BCUT2D eigenvalue weighted by molar-refractivity contribution is 0.598. The molecule has 3 aromatic rings. The topological polar surface area (TPSA) is 47.0 Å². The minimum absolute atomic E-state index is 0.199. The highest BCUT2D eigenvalue weighted by Crippen LogP contribution is 2.33. The van der Waals surface area contributed by atoms with Gasteiger partial charge in [-0.05, 0) is 42.5 Å². The molecule has 0 radical (unpaired) electrons. The first-order valence-corrected chi connectivity index (χ1v) is 8.77. The van der Waals surface area contributed by atoms with E-state index >= 15 is 0 Å². The molecule has 3 rings (SSSR count). The number of benzene rings is 1. The standard InChI is InChI=1S/C15H10ClNO2S2/c16-11-4-3-5-12(10-11)21(18,19)15-8-7-14(20-15)13-6-1-2-9-17-13/h1-10H. The van der Waals surface area contributed by atoms with Crippen molar-refractivity contribution >= 4 is 32.8 Å². The van der Waals surface area contributed by atoms with Crippen LogP contribution in [0.2, 0.25) is 5.02 Å². The van der Waals surface area contributed by atoms with Crippen LogP contribution in [0.1, 0.15) is 0 Å². The molecule has 0 amide bonds. The predicted molar refractivity (Wildman–Crippen MR) is 84.5 cm³/mol. The summed E-state index contributed by atoms with van der Waals surface area (Å²) in [6, 6.07) is 15.2. The summed E-state index contributed by atoms with van der Waals surface area (Å²) in [6.07, 6.45) is 1.68. The van der Waals surface area contributed by atoms with Gasteiger partial charge in [-0.15, -0.1) is 11.3 Å². The van der Waals surface area contributed by atoms with Gasteiger partial charge in [-0.1, -0.05) is 23.7 Å². The van der Waals surface area contributed by atoms with Crippen molar-refractivity contribution in [3.8, 4) is 10.6 Å². The Kier molecular flexibility index (Phi) is 3.80. The molecule has 6 heteroatoms. The Bertz CT molecular complexity index is 873. The Labute approximate surface area is 131 Å². The normalized spacial score (nSPS) is 11.5. The highest BCUT2D eigenvalue weighted by Gasteiger charge is 2.20. The molecule has 2 aromatic heterocycles. The number of hydrogen-bond acceptors (Lipinski definition) is 4. The number of halogens is 1. The van der Waals surface area contributed by atoms with E-state index in [1.807, 2.05) is 18.2 Å². The third-order valence-electron chi connectivity index (χ3n) is 2.87. The molecule has 106 valence electrons. The van der Waals surface area contributed by atoms with Gasteiger partial charge >= 0.3 is 0 Å². The quantitative estimate of drug-likeness (QED) is 0.717. The van der Waals surface area contributed by atoms with Crippen LogP contribution in [-0.2, 0) is 9.84 Å². The highest BCUT2D eigenvalue weighted by atomic mass is 35.5. The van der Waals surface area contributed by atoms with Crippen molar-refractivity contribution in [3.05, 3.63) is 65.8 Å². The van der Waals surface area contributed by atoms with Crippen LogP contribution in [0.4, 0.5) is 0 Å². The molecule has 3 nitrogen and oxygen atoms in total. The number of sulfone groups is 1. The summed E-state index contributed by atoms with van der Waals surface area (Å²) in [5.74, 6) is 0. The molecule has 1 aromatic carbocycles. The van der Waals surface area contributed by atoms with E-state index in [2.05, 4.69) is 4.98 Å². The molecule has 0 aliphatic rings. The van der Waals surface area contributed by atoms with E-state index < -0.39 is 9.84 Å². The fourth-order valence-corrected chi connectivity index (χ4v) is 4.85. The zero-order valence-electron chi connectivity index (χ0n) is 10.7. The minimum atomic E-state index is -3.54. The monoisotopic (exact) mass is 335 g/mol. The van der Waals surface area contributed by atoms with Gasteiger partial charge in [0.25, 0.3) is 0 Å². The van der Waals surface area contributed by atoms with Crippen LogP contribution in [0.3, 0.4) is 0 Å². The van der Waals surface area contributed by atoms with E-state index in [1.165, 1.54) is 17.4 Å². The summed E-state index contributed by atoms with van der Waals surface area (Å²) in [4.78, 5) is 5.24. The molecule has 0 aliphatic carbocycles. The van der Waals surface area contributed by atoms with E-state index in [1.54, 1.807) is 36.5 Å². The van der Waals surface area contributed by atoms with Gasteiger partial charge < -0.3 is 0 Å². The van der Waals surface area contributed by atoms with Crippen molar-refractivity contribution in [2.24, 2.45) is 0 Å². The SMILES string of the molecule is O=S(=O)(c1cccc(Cl)c1)c1ccc(-c2ccccn2)s1. The summed E-state index contributed by atoms with van der Waals surface area (Å²) in [6.45, 7) is 0. The van der Waals surface area contributed by atoms with E-state index in [9.17, 15) is 8.42 Å². The molecule has 0 spiro atoms. The van der Waals surface area contributed by atoms with E-state index in [0.29, 0.717) is 5.02 Å². The minimum Gasteiger partial charge on any atom is -0.255 e. The molecule has 0 aliphatic heterocycles. The van der Waals surface area contributed by atoms with Crippen molar-refractivity contribution in [2.45, 2.75) is 9.10 Å². The van der Waals surface area contributed by atoms with E-state index in [-0.39, 0.29) is 9.10 Å². The molecular formula is C15H10ClNO2S2.